The molecule has 0 spiro atoms. The second kappa shape index (κ2) is 6.14. The molecule has 22 heavy (non-hydrogen) atoms. The van der Waals surface area contributed by atoms with Gasteiger partial charge in [-0.3, -0.25) is 4.79 Å². The van der Waals surface area contributed by atoms with E-state index in [1.165, 1.54) is 12.1 Å². The Morgan fingerprint density at radius 1 is 1.05 bits per heavy atom. The maximum absolute atomic E-state index is 13.7. The number of aryl methyl sites for hydroxylation is 1. The molecule has 3 rings (SSSR count). The fourth-order valence-electron chi connectivity index (χ4n) is 2.75. The number of unbranched alkanes of at least 4 members (excludes halogenated alkanes) is 1. The molecule has 112 valence electrons. The number of aromatic nitrogens is 1. The number of rotatable bonds is 4. The molecule has 0 aliphatic heterocycles. The van der Waals surface area contributed by atoms with Crippen molar-refractivity contribution in [1.29, 1.82) is 0 Å². The van der Waals surface area contributed by atoms with Crippen molar-refractivity contribution >= 4 is 10.9 Å². The third-order valence-corrected chi connectivity index (χ3v) is 3.88. The van der Waals surface area contributed by atoms with E-state index < -0.39 is 0 Å². The standard InChI is InChI=1S/C19H18FNO/c1-2-3-11-21-17(14-7-5-4-6-8-14)13-19(22)16-10-9-15(20)12-18(16)21/h4-10,12-13H,2-3,11H2,1H3. The second-order valence-corrected chi connectivity index (χ2v) is 5.43. The van der Waals surface area contributed by atoms with Gasteiger partial charge in [0.25, 0.3) is 0 Å². The minimum atomic E-state index is -0.317. The van der Waals surface area contributed by atoms with E-state index in [0.717, 1.165) is 30.6 Å². The van der Waals surface area contributed by atoms with E-state index in [9.17, 15) is 9.18 Å². The lowest BCUT2D eigenvalue weighted by Crippen LogP contribution is -2.12. The van der Waals surface area contributed by atoms with Gasteiger partial charge >= 0.3 is 0 Å². The highest BCUT2D eigenvalue weighted by atomic mass is 19.1. The van der Waals surface area contributed by atoms with Gasteiger partial charge in [0, 0.05) is 18.0 Å². The zero-order valence-corrected chi connectivity index (χ0v) is 12.6. The molecule has 1 heterocycles. The molecule has 2 nitrogen and oxygen atoms in total. The molecule has 0 saturated carbocycles. The Bertz CT molecular complexity index is 852. The molecule has 0 N–H and O–H groups in total. The van der Waals surface area contributed by atoms with Crippen molar-refractivity contribution in [3.8, 4) is 11.3 Å². The van der Waals surface area contributed by atoms with Crippen LogP contribution in [0.3, 0.4) is 0 Å². The van der Waals surface area contributed by atoms with Crippen molar-refractivity contribution in [3.05, 3.63) is 70.6 Å². The Morgan fingerprint density at radius 3 is 2.55 bits per heavy atom. The first-order valence-corrected chi connectivity index (χ1v) is 7.59. The van der Waals surface area contributed by atoms with E-state index in [2.05, 4.69) is 11.5 Å². The molecule has 0 unspecified atom stereocenters. The first kappa shape index (κ1) is 14.5. The molecule has 2 aromatic carbocycles. The lowest BCUT2D eigenvalue weighted by atomic mass is 10.1. The lowest BCUT2D eigenvalue weighted by Gasteiger charge is -2.17. The van der Waals surface area contributed by atoms with Gasteiger partial charge in [-0.15, -0.1) is 0 Å². The summed E-state index contributed by atoms with van der Waals surface area (Å²) in [6.45, 7) is 2.88. The second-order valence-electron chi connectivity index (χ2n) is 5.43. The first-order chi connectivity index (χ1) is 10.7. The van der Waals surface area contributed by atoms with Gasteiger partial charge in [0.2, 0.25) is 0 Å². The average Bonchev–Trinajstić information content (AvgIpc) is 2.54. The van der Waals surface area contributed by atoms with Crippen LogP contribution in [0.1, 0.15) is 19.8 Å². The summed E-state index contributed by atoms with van der Waals surface area (Å²) < 4.78 is 15.7. The minimum Gasteiger partial charge on any atom is -0.340 e. The molecule has 3 heteroatoms. The maximum Gasteiger partial charge on any atom is 0.190 e. The van der Waals surface area contributed by atoms with Crippen LogP contribution >= 0.6 is 0 Å². The highest BCUT2D eigenvalue weighted by Crippen LogP contribution is 2.23. The quantitative estimate of drug-likeness (QED) is 0.689. The molecule has 0 saturated heterocycles. The first-order valence-electron chi connectivity index (χ1n) is 7.59. The molecule has 0 fully saturated rings. The molecule has 1 aromatic heterocycles. The van der Waals surface area contributed by atoms with E-state index in [0.29, 0.717) is 10.9 Å². The van der Waals surface area contributed by atoms with Gasteiger partial charge in [-0.2, -0.15) is 0 Å². The van der Waals surface area contributed by atoms with Crippen molar-refractivity contribution in [2.24, 2.45) is 0 Å². The SMILES string of the molecule is CCCCn1c(-c2ccccc2)cc(=O)c2ccc(F)cc21. The van der Waals surface area contributed by atoms with Crippen LogP contribution in [0, 0.1) is 5.82 Å². The summed E-state index contributed by atoms with van der Waals surface area (Å²) in [5.41, 5.74) is 2.42. The van der Waals surface area contributed by atoms with Gasteiger partial charge in [-0.25, -0.2) is 4.39 Å². The number of hydrogen-bond donors (Lipinski definition) is 0. The molecule has 0 aliphatic carbocycles. The topological polar surface area (TPSA) is 22.0 Å². The summed E-state index contributed by atoms with van der Waals surface area (Å²) in [4.78, 5) is 12.4. The molecule has 0 amide bonds. The van der Waals surface area contributed by atoms with Crippen molar-refractivity contribution in [1.82, 2.24) is 4.57 Å². The average molecular weight is 295 g/mol. The van der Waals surface area contributed by atoms with E-state index in [1.807, 2.05) is 30.3 Å². The molecule has 0 atom stereocenters. The molecule has 3 aromatic rings. The van der Waals surface area contributed by atoms with Crippen LogP contribution < -0.4 is 5.43 Å². The number of nitrogens with zero attached hydrogens (tertiary/aromatic N) is 1. The smallest absolute Gasteiger partial charge is 0.190 e. The van der Waals surface area contributed by atoms with Crippen LogP contribution in [-0.4, -0.2) is 4.57 Å². The van der Waals surface area contributed by atoms with Gasteiger partial charge < -0.3 is 4.57 Å². The van der Waals surface area contributed by atoms with Gasteiger partial charge in [0.05, 0.1) is 11.2 Å². The Morgan fingerprint density at radius 2 is 1.82 bits per heavy atom. The van der Waals surface area contributed by atoms with E-state index in [4.69, 9.17) is 0 Å². The lowest BCUT2D eigenvalue weighted by molar-refractivity contribution is 0.622. The molecular formula is C19H18FNO. The van der Waals surface area contributed by atoms with Gasteiger partial charge in [0.1, 0.15) is 5.82 Å². The summed E-state index contributed by atoms with van der Waals surface area (Å²) in [7, 11) is 0. The Hall–Kier alpha value is -2.42. The molecule has 0 bridgehead atoms. The van der Waals surface area contributed by atoms with Crippen molar-refractivity contribution in [2.45, 2.75) is 26.3 Å². The van der Waals surface area contributed by atoms with Crippen LogP contribution in [-0.2, 0) is 6.54 Å². The van der Waals surface area contributed by atoms with Crippen LogP contribution in [0.15, 0.2) is 59.4 Å². The van der Waals surface area contributed by atoms with Gasteiger partial charge in [-0.1, -0.05) is 43.7 Å². The van der Waals surface area contributed by atoms with Crippen LogP contribution in [0.5, 0.6) is 0 Å². The minimum absolute atomic E-state index is 0.0680. The predicted octanol–water partition coefficient (Wildman–Crippen LogP) is 4.61. The third kappa shape index (κ3) is 2.67. The molecular weight excluding hydrogens is 277 g/mol. The fourth-order valence-corrected chi connectivity index (χ4v) is 2.75. The zero-order chi connectivity index (χ0) is 15.5. The number of fused-ring (bicyclic) bond motifs is 1. The van der Waals surface area contributed by atoms with Crippen LogP contribution in [0.25, 0.3) is 22.2 Å². The molecule has 0 aliphatic rings. The van der Waals surface area contributed by atoms with Crippen LogP contribution in [0.4, 0.5) is 4.39 Å². The Balaban J connectivity index is 2.33. The Kier molecular flexibility index (Phi) is 4.05. The summed E-state index contributed by atoms with van der Waals surface area (Å²) in [5.74, 6) is -0.317. The summed E-state index contributed by atoms with van der Waals surface area (Å²) in [6, 6.07) is 15.8. The normalized spacial score (nSPS) is 11.0. The van der Waals surface area contributed by atoms with E-state index in [1.54, 1.807) is 12.1 Å². The van der Waals surface area contributed by atoms with Crippen molar-refractivity contribution in [2.75, 3.05) is 0 Å². The van der Waals surface area contributed by atoms with E-state index in [-0.39, 0.29) is 11.2 Å². The highest BCUT2D eigenvalue weighted by Gasteiger charge is 2.11. The van der Waals surface area contributed by atoms with E-state index >= 15 is 0 Å². The largest absolute Gasteiger partial charge is 0.340 e. The predicted molar refractivity (Wildman–Crippen MR) is 88.5 cm³/mol. The molecule has 0 radical (unpaired) electrons. The third-order valence-electron chi connectivity index (χ3n) is 3.88. The highest BCUT2D eigenvalue weighted by molar-refractivity contribution is 5.82. The monoisotopic (exact) mass is 295 g/mol. The van der Waals surface area contributed by atoms with Crippen molar-refractivity contribution < 1.29 is 4.39 Å². The van der Waals surface area contributed by atoms with Crippen LogP contribution in [0.2, 0.25) is 0 Å². The summed E-state index contributed by atoms with van der Waals surface area (Å²) >= 11 is 0. The Labute approximate surface area is 128 Å². The maximum atomic E-state index is 13.7. The number of benzene rings is 2. The zero-order valence-electron chi connectivity index (χ0n) is 12.6. The number of pyridine rings is 1. The van der Waals surface area contributed by atoms with Gasteiger partial charge in [0.15, 0.2) is 5.43 Å². The van der Waals surface area contributed by atoms with Gasteiger partial charge in [-0.05, 0) is 30.2 Å². The fraction of sp³-hybridized carbons (Fsp3) is 0.211. The summed E-state index contributed by atoms with van der Waals surface area (Å²) in [5, 5.41) is 0.567. The summed E-state index contributed by atoms with van der Waals surface area (Å²) in [6.07, 6.45) is 2.02. The number of halogens is 1. The van der Waals surface area contributed by atoms with Crippen molar-refractivity contribution in [3.63, 3.8) is 0 Å². The number of hydrogen-bond acceptors (Lipinski definition) is 1.